The maximum atomic E-state index is 3.61. The van der Waals surface area contributed by atoms with Crippen LogP contribution in [-0.2, 0) is 0 Å². The van der Waals surface area contributed by atoms with Crippen molar-refractivity contribution in [1.29, 1.82) is 0 Å². The maximum absolute atomic E-state index is 3.61. The van der Waals surface area contributed by atoms with Crippen LogP contribution in [0.2, 0.25) is 0 Å². The van der Waals surface area contributed by atoms with Crippen molar-refractivity contribution < 1.29 is 17.0 Å². The van der Waals surface area contributed by atoms with E-state index in [1.165, 1.54) is 21.8 Å². The summed E-state index contributed by atoms with van der Waals surface area (Å²) in [7, 11) is 0. The molecular formula is C12H13BrClNS. The number of hydrogen-bond donors (Lipinski definition) is 0. The van der Waals surface area contributed by atoms with Gasteiger partial charge in [0.05, 0.1) is 9.35 Å². The lowest BCUT2D eigenvalue weighted by Crippen LogP contribution is -3.00. The smallest absolute Gasteiger partial charge is 0.231 e. The van der Waals surface area contributed by atoms with E-state index in [1.807, 2.05) is 0 Å². The van der Waals surface area contributed by atoms with Crippen LogP contribution in [-0.4, -0.2) is 0 Å². The molecule has 1 nitrogen and oxygen atoms in total. The SMILES string of the molecule is Cc1cccc(Br)c1-[n+]1csc(C)c1C.[Cl-]. The third-order valence-electron chi connectivity index (χ3n) is 2.64. The van der Waals surface area contributed by atoms with Gasteiger partial charge in [-0.25, -0.2) is 0 Å². The molecule has 0 radical (unpaired) electrons. The normalized spacial score (nSPS) is 10.0. The molecule has 0 aliphatic carbocycles. The van der Waals surface area contributed by atoms with Crippen LogP contribution in [0, 0.1) is 20.8 Å². The van der Waals surface area contributed by atoms with Crippen LogP contribution in [0.1, 0.15) is 16.1 Å². The van der Waals surface area contributed by atoms with Gasteiger partial charge in [-0.05, 0) is 35.8 Å². The predicted octanol–water partition coefficient (Wildman–Crippen LogP) is 0.717. The van der Waals surface area contributed by atoms with E-state index < -0.39 is 0 Å². The molecule has 86 valence electrons. The minimum Gasteiger partial charge on any atom is -1.00 e. The van der Waals surface area contributed by atoms with E-state index in [2.05, 4.69) is 65.0 Å². The van der Waals surface area contributed by atoms with Gasteiger partial charge in [-0.15, -0.1) is 0 Å². The maximum Gasteiger partial charge on any atom is 0.231 e. The third kappa shape index (κ3) is 2.31. The number of nitrogens with zero attached hydrogens (tertiary/aromatic N) is 1. The summed E-state index contributed by atoms with van der Waals surface area (Å²) in [6.07, 6.45) is 0. The van der Waals surface area contributed by atoms with Crippen molar-refractivity contribution in [2.45, 2.75) is 20.8 Å². The quantitative estimate of drug-likeness (QED) is 0.682. The van der Waals surface area contributed by atoms with E-state index in [9.17, 15) is 0 Å². The highest BCUT2D eigenvalue weighted by atomic mass is 79.9. The van der Waals surface area contributed by atoms with Gasteiger partial charge in [0.2, 0.25) is 11.2 Å². The number of benzene rings is 1. The summed E-state index contributed by atoms with van der Waals surface area (Å²) in [5.74, 6) is 0. The van der Waals surface area contributed by atoms with Gasteiger partial charge < -0.3 is 12.4 Å². The fraction of sp³-hybridized carbons (Fsp3) is 0.250. The molecular weight excluding hydrogens is 306 g/mol. The molecule has 0 unspecified atom stereocenters. The van der Waals surface area contributed by atoms with Crippen LogP contribution in [0.5, 0.6) is 0 Å². The molecule has 1 aromatic carbocycles. The molecule has 0 saturated heterocycles. The van der Waals surface area contributed by atoms with Crippen LogP contribution in [0.4, 0.5) is 0 Å². The van der Waals surface area contributed by atoms with Gasteiger partial charge in [0.15, 0.2) is 5.69 Å². The minimum absolute atomic E-state index is 0. The molecule has 0 N–H and O–H groups in total. The Morgan fingerprint density at radius 2 is 1.88 bits per heavy atom. The Morgan fingerprint density at radius 1 is 1.19 bits per heavy atom. The molecule has 1 aromatic heterocycles. The monoisotopic (exact) mass is 317 g/mol. The second-order valence-electron chi connectivity index (χ2n) is 3.64. The van der Waals surface area contributed by atoms with Crippen molar-refractivity contribution in [3.05, 3.63) is 44.3 Å². The second kappa shape index (κ2) is 5.30. The van der Waals surface area contributed by atoms with Crippen molar-refractivity contribution >= 4 is 27.3 Å². The highest BCUT2D eigenvalue weighted by Crippen LogP contribution is 2.22. The summed E-state index contributed by atoms with van der Waals surface area (Å²) >= 11 is 5.40. The molecule has 0 bridgehead atoms. The molecule has 4 heteroatoms. The van der Waals surface area contributed by atoms with Crippen LogP contribution in [0.25, 0.3) is 5.69 Å². The lowest BCUT2D eigenvalue weighted by Gasteiger charge is -2.01. The number of halogens is 2. The molecule has 2 aromatic rings. The molecule has 1 heterocycles. The van der Waals surface area contributed by atoms with Crippen LogP contribution in [0.3, 0.4) is 0 Å². The molecule has 16 heavy (non-hydrogen) atoms. The Balaban J connectivity index is 0.00000128. The summed E-state index contributed by atoms with van der Waals surface area (Å²) in [5.41, 5.74) is 6.02. The van der Waals surface area contributed by atoms with E-state index in [4.69, 9.17) is 0 Å². The van der Waals surface area contributed by atoms with E-state index >= 15 is 0 Å². The molecule has 0 spiro atoms. The van der Waals surface area contributed by atoms with Crippen molar-refractivity contribution in [3.8, 4) is 5.69 Å². The Bertz CT molecular complexity index is 487. The molecule has 0 fully saturated rings. The van der Waals surface area contributed by atoms with Crippen molar-refractivity contribution in [1.82, 2.24) is 0 Å². The van der Waals surface area contributed by atoms with Gasteiger partial charge in [-0.1, -0.05) is 23.5 Å². The Kier molecular flexibility index (Phi) is 4.53. The van der Waals surface area contributed by atoms with E-state index in [1.54, 1.807) is 11.3 Å². The van der Waals surface area contributed by atoms with Gasteiger partial charge in [0.25, 0.3) is 0 Å². The highest BCUT2D eigenvalue weighted by Gasteiger charge is 2.19. The number of hydrogen-bond acceptors (Lipinski definition) is 1. The Morgan fingerprint density at radius 3 is 2.38 bits per heavy atom. The summed E-state index contributed by atoms with van der Waals surface area (Å²) in [5, 5.41) is 0. The summed E-state index contributed by atoms with van der Waals surface area (Å²) < 4.78 is 3.40. The molecule has 0 saturated carbocycles. The third-order valence-corrected chi connectivity index (χ3v) is 4.24. The number of rotatable bonds is 1. The van der Waals surface area contributed by atoms with E-state index in [0.717, 1.165) is 4.47 Å². The molecule has 0 atom stereocenters. The van der Waals surface area contributed by atoms with Gasteiger partial charge in [0, 0.05) is 12.5 Å². The van der Waals surface area contributed by atoms with E-state index in [-0.39, 0.29) is 12.4 Å². The molecule has 0 aliphatic heterocycles. The first-order chi connectivity index (χ1) is 7.11. The summed E-state index contributed by atoms with van der Waals surface area (Å²) in [6, 6.07) is 6.29. The van der Waals surface area contributed by atoms with Crippen LogP contribution < -0.4 is 17.0 Å². The summed E-state index contributed by atoms with van der Waals surface area (Å²) in [6.45, 7) is 6.45. The Labute approximate surface area is 115 Å². The number of para-hydroxylation sites is 1. The largest absolute Gasteiger partial charge is 1.00 e. The summed E-state index contributed by atoms with van der Waals surface area (Å²) in [4.78, 5) is 1.37. The molecule has 0 amide bonds. The average Bonchev–Trinajstić information content (AvgIpc) is 2.49. The first-order valence-electron chi connectivity index (χ1n) is 4.83. The zero-order valence-corrected chi connectivity index (χ0v) is 12.6. The first kappa shape index (κ1) is 13.7. The zero-order valence-electron chi connectivity index (χ0n) is 9.42. The highest BCUT2D eigenvalue weighted by molar-refractivity contribution is 9.10. The number of aromatic nitrogens is 1. The van der Waals surface area contributed by atoms with Crippen molar-refractivity contribution in [2.75, 3.05) is 0 Å². The average molecular weight is 319 g/mol. The lowest BCUT2D eigenvalue weighted by molar-refractivity contribution is -0.598. The topological polar surface area (TPSA) is 3.88 Å². The minimum atomic E-state index is 0. The van der Waals surface area contributed by atoms with Crippen LogP contribution in [0.15, 0.2) is 28.2 Å². The zero-order chi connectivity index (χ0) is 11.0. The standard InChI is InChI=1S/C12H13BrNS.ClH/c1-8-5-4-6-11(13)12(8)14-7-15-10(3)9(14)2;/h4-7H,1-3H3;1H/q+1;/p-1. The number of aryl methyl sites for hydroxylation is 2. The van der Waals surface area contributed by atoms with Gasteiger partial charge in [0.1, 0.15) is 0 Å². The van der Waals surface area contributed by atoms with Gasteiger partial charge in [-0.3, -0.25) is 0 Å². The Hall–Kier alpha value is -0.380. The van der Waals surface area contributed by atoms with Crippen molar-refractivity contribution in [2.24, 2.45) is 0 Å². The van der Waals surface area contributed by atoms with E-state index in [0.29, 0.717) is 0 Å². The molecule has 0 aliphatic rings. The molecule has 2 rings (SSSR count). The van der Waals surface area contributed by atoms with Crippen LogP contribution >= 0.6 is 27.3 Å². The lowest BCUT2D eigenvalue weighted by atomic mass is 10.2. The fourth-order valence-corrected chi connectivity index (χ4v) is 3.07. The number of thiazole rings is 1. The van der Waals surface area contributed by atoms with Crippen molar-refractivity contribution in [3.63, 3.8) is 0 Å². The van der Waals surface area contributed by atoms with Gasteiger partial charge >= 0.3 is 0 Å². The second-order valence-corrected chi connectivity index (χ2v) is 5.55. The van der Waals surface area contributed by atoms with Gasteiger partial charge in [-0.2, -0.15) is 4.57 Å². The fourth-order valence-electron chi connectivity index (χ4n) is 1.61. The first-order valence-corrected chi connectivity index (χ1v) is 6.50. The predicted molar refractivity (Wildman–Crippen MR) is 67.8 cm³/mol.